The first-order valence-electron chi connectivity index (χ1n) is 11.7. The average Bonchev–Trinajstić information content (AvgIpc) is 3.38. The van der Waals surface area contributed by atoms with Crippen LogP contribution >= 0.6 is 23.1 Å². The Hall–Kier alpha value is -3.50. The Labute approximate surface area is 228 Å². The van der Waals surface area contributed by atoms with Crippen LogP contribution in [0.2, 0.25) is 0 Å². The number of nitrogens with one attached hydrogen (secondary N) is 1. The summed E-state index contributed by atoms with van der Waals surface area (Å²) in [6.45, 7) is 0.736. The molecule has 2 aromatic heterocycles. The molecule has 196 valence electrons. The molecule has 0 radical (unpaired) electrons. The Kier molecular flexibility index (Phi) is 8.96. The molecule has 2 heterocycles. The van der Waals surface area contributed by atoms with Gasteiger partial charge in [0.05, 0.1) is 22.0 Å². The molecule has 1 amide bonds. The second-order valence-corrected chi connectivity index (χ2v) is 11.9. The van der Waals surface area contributed by atoms with Crippen LogP contribution in [-0.2, 0) is 33.5 Å². The van der Waals surface area contributed by atoms with Crippen LogP contribution in [-0.4, -0.2) is 30.4 Å². The van der Waals surface area contributed by atoms with Crippen LogP contribution in [0.5, 0.6) is 0 Å². The van der Waals surface area contributed by atoms with Gasteiger partial charge in [-0.25, -0.2) is 18.5 Å². The van der Waals surface area contributed by atoms with Crippen LogP contribution in [0.4, 0.5) is 0 Å². The maximum Gasteiger partial charge on any atom is 0.272 e. The molecule has 0 fully saturated rings. The van der Waals surface area contributed by atoms with E-state index in [1.165, 1.54) is 35.2 Å². The zero-order valence-electron chi connectivity index (χ0n) is 20.3. The Morgan fingerprint density at radius 1 is 1.16 bits per heavy atom. The largest absolute Gasteiger partial charge is 0.356 e. The standard InChI is InChI=1S/C26H25N5O4S3/c27-16-19-4-1-2-5-20(19)17-37-26-30-22-12-15-36-24(22)25(33)31(26)14-3-6-23(32)29-13-11-18-7-9-21(10-8-18)38(28,34)35/h1-2,4-5,7-10,12,15H,3,6,11,13-14,17H2,(H,29,32)(H2,28,34,35). The number of rotatable bonds is 11. The Bertz CT molecular complexity index is 1650. The van der Waals surface area contributed by atoms with Crippen molar-refractivity contribution in [1.29, 1.82) is 5.26 Å². The highest BCUT2D eigenvalue weighted by Gasteiger charge is 2.14. The Morgan fingerprint density at radius 3 is 2.66 bits per heavy atom. The lowest BCUT2D eigenvalue weighted by atomic mass is 10.1. The van der Waals surface area contributed by atoms with Gasteiger partial charge in [0.25, 0.3) is 5.56 Å². The van der Waals surface area contributed by atoms with Crippen molar-refractivity contribution in [1.82, 2.24) is 14.9 Å². The van der Waals surface area contributed by atoms with Crippen molar-refractivity contribution in [2.24, 2.45) is 5.14 Å². The number of sulfonamides is 1. The molecular formula is C26H25N5O4S3. The van der Waals surface area contributed by atoms with Gasteiger partial charge in [-0.1, -0.05) is 42.1 Å². The van der Waals surface area contributed by atoms with Gasteiger partial charge in [-0.2, -0.15) is 5.26 Å². The van der Waals surface area contributed by atoms with Crippen LogP contribution < -0.4 is 16.0 Å². The third-order valence-corrected chi connectivity index (χ3v) is 8.64. The SMILES string of the molecule is N#Cc1ccccc1CSc1nc2ccsc2c(=O)n1CCCC(=O)NCCc1ccc(S(N)(=O)=O)cc1. The first kappa shape index (κ1) is 27.5. The minimum absolute atomic E-state index is 0.0440. The number of nitriles is 1. The quantitative estimate of drug-likeness (QED) is 0.208. The summed E-state index contributed by atoms with van der Waals surface area (Å²) in [5.74, 6) is 0.353. The fraction of sp³-hybridized carbons (Fsp3) is 0.231. The number of primary sulfonamides is 1. The van der Waals surface area contributed by atoms with E-state index in [1.807, 2.05) is 29.6 Å². The Balaban J connectivity index is 1.35. The summed E-state index contributed by atoms with van der Waals surface area (Å²) in [5, 5.41) is 19.7. The van der Waals surface area contributed by atoms with E-state index in [0.29, 0.717) is 52.6 Å². The average molecular weight is 568 g/mol. The van der Waals surface area contributed by atoms with Crippen LogP contribution in [0.15, 0.2) is 74.8 Å². The van der Waals surface area contributed by atoms with Crippen LogP contribution in [0, 0.1) is 11.3 Å². The van der Waals surface area contributed by atoms with Crippen molar-refractivity contribution in [3.63, 3.8) is 0 Å². The highest BCUT2D eigenvalue weighted by Crippen LogP contribution is 2.25. The van der Waals surface area contributed by atoms with E-state index < -0.39 is 10.0 Å². The molecule has 0 aliphatic carbocycles. The molecule has 0 aliphatic rings. The minimum Gasteiger partial charge on any atom is -0.356 e. The summed E-state index contributed by atoms with van der Waals surface area (Å²) in [6, 6.07) is 17.6. The van der Waals surface area contributed by atoms with E-state index in [-0.39, 0.29) is 22.8 Å². The van der Waals surface area contributed by atoms with Gasteiger partial charge in [0.15, 0.2) is 5.16 Å². The smallest absolute Gasteiger partial charge is 0.272 e. The van der Waals surface area contributed by atoms with Gasteiger partial charge in [-0.05, 0) is 53.6 Å². The first-order valence-corrected chi connectivity index (χ1v) is 15.1. The Morgan fingerprint density at radius 2 is 1.92 bits per heavy atom. The van der Waals surface area contributed by atoms with Crippen molar-refractivity contribution in [2.75, 3.05) is 6.54 Å². The zero-order chi connectivity index (χ0) is 27.1. The lowest BCUT2D eigenvalue weighted by Gasteiger charge is -2.12. The topological polar surface area (TPSA) is 148 Å². The number of carbonyl (C=O) groups is 1. The molecular weight excluding hydrogens is 543 g/mol. The third-order valence-electron chi connectivity index (χ3n) is 5.80. The molecule has 9 nitrogen and oxygen atoms in total. The van der Waals surface area contributed by atoms with Crippen molar-refractivity contribution in [2.45, 2.75) is 41.6 Å². The number of benzene rings is 2. The monoisotopic (exact) mass is 567 g/mol. The fourth-order valence-electron chi connectivity index (χ4n) is 3.81. The number of thioether (sulfide) groups is 1. The van der Waals surface area contributed by atoms with Crippen molar-refractivity contribution in [3.8, 4) is 6.07 Å². The second-order valence-electron chi connectivity index (χ2n) is 8.44. The van der Waals surface area contributed by atoms with E-state index in [0.717, 1.165) is 11.1 Å². The molecule has 0 unspecified atom stereocenters. The van der Waals surface area contributed by atoms with Gasteiger partial charge in [0.2, 0.25) is 15.9 Å². The molecule has 2 aromatic carbocycles. The van der Waals surface area contributed by atoms with Gasteiger partial charge < -0.3 is 5.32 Å². The summed E-state index contributed by atoms with van der Waals surface area (Å²) < 4.78 is 24.9. The van der Waals surface area contributed by atoms with Gasteiger partial charge in [0.1, 0.15) is 4.70 Å². The summed E-state index contributed by atoms with van der Waals surface area (Å²) in [4.78, 5) is 30.3. The number of fused-ring (bicyclic) bond motifs is 1. The molecule has 3 N–H and O–H groups in total. The van der Waals surface area contributed by atoms with Crippen LogP contribution in [0.25, 0.3) is 10.2 Å². The number of amides is 1. The first-order chi connectivity index (χ1) is 18.3. The predicted octanol–water partition coefficient (Wildman–Crippen LogP) is 3.41. The van der Waals surface area contributed by atoms with Crippen LogP contribution in [0.3, 0.4) is 0 Å². The molecule has 12 heteroatoms. The molecule has 4 aromatic rings. The number of hydrogen-bond donors (Lipinski definition) is 2. The summed E-state index contributed by atoms with van der Waals surface area (Å²) >= 11 is 2.73. The summed E-state index contributed by atoms with van der Waals surface area (Å²) in [6.07, 6.45) is 1.23. The van der Waals surface area contributed by atoms with E-state index >= 15 is 0 Å². The van der Waals surface area contributed by atoms with Crippen molar-refractivity contribution >= 4 is 49.2 Å². The van der Waals surface area contributed by atoms with Crippen molar-refractivity contribution < 1.29 is 13.2 Å². The van der Waals surface area contributed by atoms with Gasteiger partial charge in [-0.3, -0.25) is 14.2 Å². The normalized spacial score (nSPS) is 11.4. The van der Waals surface area contributed by atoms with Crippen molar-refractivity contribution in [3.05, 3.63) is 87.0 Å². The molecule has 0 saturated carbocycles. The number of nitrogens with two attached hydrogens (primary N) is 1. The maximum atomic E-state index is 13.2. The fourth-order valence-corrected chi connectivity index (χ4v) is 6.13. The van der Waals surface area contributed by atoms with Gasteiger partial charge in [-0.15, -0.1) is 11.3 Å². The molecule has 0 bridgehead atoms. The zero-order valence-corrected chi connectivity index (χ0v) is 22.7. The minimum atomic E-state index is -3.74. The molecule has 0 spiro atoms. The number of aromatic nitrogens is 2. The highest BCUT2D eigenvalue weighted by atomic mass is 32.2. The summed E-state index contributed by atoms with van der Waals surface area (Å²) in [7, 11) is -3.74. The lowest BCUT2D eigenvalue weighted by Crippen LogP contribution is -2.27. The number of nitrogens with zero attached hydrogens (tertiary/aromatic N) is 3. The highest BCUT2D eigenvalue weighted by molar-refractivity contribution is 7.98. The molecule has 0 saturated heterocycles. The predicted molar refractivity (Wildman–Crippen MR) is 148 cm³/mol. The maximum absolute atomic E-state index is 13.2. The summed E-state index contributed by atoms with van der Waals surface area (Å²) in [5.41, 5.74) is 2.83. The lowest BCUT2D eigenvalue weighted by molar-refractivity contribution is -0.121. The molecule has 0 atom stereocenters. The van der Waals surface area contributed by atoms with Gasteiger partial charge >= 0.3 is 0 Å². The number of carbonyl (C=O) groups excluding carboxylic acids is 1. The second kappa shape index (κ2) is 12.4. The van der Waals surface area contributed by atoms with Gasteiger partial charge in [0, 0.05) is 25.3 Å². The molecule has 4 rings (SSSR count). The van der Waals surface area contributed by atoms with E-state index in [2.05, 4.69) is 16.4 Å². The molecule has 0 aliphatic heterocycles. The van der Waals surface area contributed by atoms with E-state index in [4.69, 9.17) is 5.14 Å². The van der Waals surface area contributed by atoms with E-state index in [9.17, 15) is 23.3 Å². The third kappa shape index (κ3) is 6.87. The number of thiophene rings is 1. The number of hydrogen-bond acceptors (Lipinski definition) is 8. The molecule has 38 heavy (non-hydrogen) atoms. The van der Waals surface area contributed by atoms with Crippen LogP contribution in [0.1, 0.15) is 29.5 Å². The van der Waals surface area contributed by atoms with E-state index in [1.54, 1.807) is 22.8 Å².